The molecule has 2 fully saturated rings. The number of benzene rings is 1. The Morgan fingerprint density at radius 2 is 1.83 bits per heavy atom. The van der Waals surface area contributed by atoms with Gasteiger partial charge in [0.2, 0.25) is 0 Å². The molecule has 10 heteroatoms. The summed E-state index contributed by atoms with van der Waals surface area (Å²) in [6.45, 7) is 7.20. The van der Waals surface area contributed by atoms with E-state index in [-0.39, 0.29) is 11.6 Å². The Morgan fingerprint density at radius 1 is 1.09 bits per heavy atom. The second kappa shape index (κ2) is 9.83. The predicted octanol–water partition coefficient (Wildman–Crippen LogP) is 4.09. The number of fused-ring (bicyclic) bond motifs is 1. The van der Waals surface area contributed by atoms with Crippen molar-refractivity contribution in [3.8, 4) is 0 Å². The van der Waals surface area contributed by atoms with E-state index in [4.69, 9.17) is 11.6 Å². The van der Waals surface area contributed by atoms with Crippen molar-refractivity contribution in [2.45, 2.75) is 26.3 Å². The molecule has 0 atom stereocenters. The van der Waals surface area contributed by atoms with Gasteiger partial charge in [0.25, 0.3) is 11.6 Å². The van der Waals surface area contributed by atoms with Crippen LogP contribution in [0, 0.1) is 16.0 Å². The van der Waals surface area contributed by atoms with Gasteiger partial charge in [0.15, 0.2) is 0 Å². The molecular formula is C25H29ClN6O3. The van der Waals surface area contributed by atoms with Crippen LogP contribution in [0.15, 0.2) is 42.7 Å². The summed E-state index contributed by atoms with van der Waals surface area (Å²) in [5.41, 5.74) is 2.99. The number of nitrogens with zero attached hydrogens (tertiary/aromatic N) is 6. The van der Waals surface area contributed by atoms with Crippen LogP contribution in [0.5, 0.6) is 0 Å². The number of hydrogen-bond acceptors (Lipinski definition) is 6. The van der Waals surface area contributed by atoms with Gasteiger partial charge >= 0.3 is 0 Å². The van der Waals surface area contributed by atoms with Gasteiger partial charge in [0.1, 0.15) is 5.65 Å². The van der Waals surface area contributed by atoms with Gasteiger partial charge < -0.3 is 14.2 Å². The largest absolute Gasteiger partial charge is 0.371 e. The maximum absolute atomic E-state index is 13.5. The molecule has 1 aromatic carbocycles. The van der Waals surface area contributed by atoms with Crippen molar-refractivity contribution < 1.29 is 9.72 Å². The molecule has 2 aliphatic heterocycles. The first-order chi connectivity index (χ1) is 16.9. The van der Waals surface area contributed by atoms with E-state index in [1.54, 1.807) is 6.07 Å². The number of piperidine rings is 1. The topological polar surface area (TPSA) is 87.2 Å². The van der Waals surface area contributed by atoms with Gasteiger partial charge in [-0.05, 0) is 37.0 Å². The summed E-state index contributed by atoms with van der Waals surface area (Å²) in [5, 5.41) is 12.1. The van der Waals surface area contributed by atoms with Crippen LogP contribution in [0.25, 0.3) is 5.65 Å². The van der Waals surface area contributed by atoms with Gasteiger partial charge in [-0.25, -0.2) is 4.98 Å². The number of nitro benzene ring substituents is 1. The van der Waals surface area contributed by atoms with Gasteiger partial charge in [-0.2, -0.15) is 0 Å². The van der Waals surface area contributed by atoms with Crippen molar-refractivity contribution >= 4 is 34.5 Å². The van der Waals surface area contributed by atoms with Crippen LogP contribution in [-0.4, -0.2) is 69.3 Å². The fourth-order valence-corrected chi connectivity index (χ4v) is 5.10. The first-order valence-corrected chi connectivity index (χ1v) is 12.4. The summed E-state index contributed by atoms with van der Waals surface area (Å²) in [7, 11) is 0. The molecule has 4 heterocycles. The maximum atomic E-state index is 13.5. The molecule has 35 heavy (non-hydrogen) atoms. The summed E-state index contributed by atoms with van der Waals surface area (Å²) < 4.78 is 1.92. The molecule has 0 radical (unpaired) electrons. The highest BCUT2D eigenvalue weighted by Gasteiger charge is 2.28. The van der Waals surface area contributed by atoms with E-state index >= 15 is 0 Å². The molecule has 0 N–H and O–H groups in total. The standard InChI is InChI=1S/C25H29ClN6O3/c1-18-6-8-29(9-7-18)23-4-3-21(32(34)35)14-22(23)25(33)30-12-10-28(11-13-30)16-20-17-31-15-19(26)2-5-24(31)27-20/h2-5,14-15,17-18H,6-13,16H2,1H3. The smallest absolute Gasteiger partial charge is 0.270 e. The Morgan fingerprint density at radius 3 is 2.54 bits per heavy atom. The molecule has 0 unspecified atom stereocenters. The molecule has 5 rings (SSSR count). The van der Waals surface area contributed by atoms with Gasteiger partial charge in [0, 0.05) is 70.3 Å². The number of imidazole rings is 1. The summed E-state index contributed by atoms with van der Waals surface area (Å²) in [4.78, 5) is 35.5. The number of aromatic nitrogens is 2. The Bertz CT molecular complexity index is 1250. The van der Waals surface area contributed by atoms with Crippen molar-refractivity contribution in [1.82, 2.24) is 19.2 Å². The number of carbonyl (C=O) groups excluding carboxylic acids is 1. The lowest BCUT2D eigenvalue weighted by molar-refractivity contribution is -0.384. The van der Waals surface area contributed by atoms with Crippen molar-refractivity contribution in [2.75, 3.05) is 44.2 Å². The fraction of sp³-hybridized carbons (Fsp3) is 0.440. The number of anilines is 1. The maximum Gasteiger partial charge on any atom is 0.270 e. The number of nitro groups is 1. The molecule has 3 aromatic rings. The highest BCUT2D eigenvalue weighted by molar-refractivity contribution is 6.30. The van der Waals surface area contributed by atoms with E-state index in [1.165, 1.54) is 12.1 Å². The molecule has 9 nitrogen and oxygen atoms in total. The zero-order chi connectivity index (χ0) is 24.5. The summed E-state index contributed by atoms with van der Waals surface area (Å²) in [6, 6.07) is 8.41. The molecule has 0 saturated carbocycles. The van der Waals surface area contributed by atoms with Crippen molar-refractivity contribution in [3.63, 3.8) is 0 Å². The normalized spacial score (nSPS) is 17.8. The number of halogens is 1. The number of non-ortho nitro benzene ring substituents is 1. The SMILES string of the molecule is CC1CCN(c2ccc([N+](=O)[O-])cc2C(=O)N2CCN(Cc3cn4cc(Cl)ccc4n3)CC2)CC1. The van der Waals surface area contributed by atoms with Crippen LogP contribution in [0.1, 0.15) is 35.8 Å². The molecule has 2 aliphatic rings. The molecule has 0 bridgehead atoms. The van der Waals surface area contributed by atoms with E-state index in [2.05, 4.69) is 21.7 Å². The molecule has 1 amide bonds. The Labute approximate surface area is 209 Å². The second-order valence-corrected chi connectivity index (χ2v) is 9.98. The lowest BCUT2D eigenvalue weighted by Crippen LogP contribution is -2.48. The number of amides is 1. The lowest BCUT2D eigenvalue weighted by atomic mass is 9.97. The predicted molar refractivity (Wildman–Crippen MR) is 135 cm³/mol. The third kappa shape index (κ3) is 5.11. The number of carbonyl (C=O) groups is 1. The summed E-state index contributed by atoms with van der Waals surface area (Å²) in [5.74, 6) is 0.519. The molecule has 0 spiro atoms. The second-order valence-electron chi connectivity index (χ2n) is 9.54. The third-order valence-electron chi connectivity index (χ3n) is 7.06. The van der Waals surface area contributed by atoms with Crippen molar-refractivity contribution in [2.24, 2.45) is 5.92 Å². The van der Waals surface area contributed by atoms with Gasteiger partial charge in [-0.15, -0.1) is 0 Å². The first kappa shape index (κ1) is 23.6. The number of piperazine rings is 1. The van der Waals surface area contributed by atoms with Crippen LogP contribution in [0.4, 0.5) is 11.4 Å². The van der Waals surface area contributed by atoms with Crippen LogP contribution in [-0.2, 0) is 6.54 Å². The Balaban J connectivity index is 1.28. The number of rotatable bonds is 5. The van der Waals surface area contributed by atoms with Gasteiger partial charge in [0.05, 0.1) is 26.9 Å². The summed E-state index contributed by atoms with van der Waals surface area (Å²) >= 11 is 6.07. The van der Waals surface area contributed by atoms with E-state index in [0.29, 0.717) is 49.2 Å². The minimum Gasteiger partial charge on any atom is -0.371 e. The van der Waals surface area contributed by atoms with Crippen molar-refractivity contribution in [3.05, 3.63) is 69.1 Å². The van der Waals surface area contributed by atoms with Crippen LogP contribution in [0.2, 0.25) is 5.02 Å². The molecule has 0 aliphatic carbocycles. The average molecular weight is 497 g/mol. The van der Waals surface area contributed by atoms with Crippen LogP contribution in [0.3, 0.4) is 0 Å². The number of hydrogen-bond donors (Lipinski definition) is 0. The molecular weight excluding hydrogens is 468 g/mol. The molecule has 2 aromatic heterocycles. The summed E-state index contributed by atoms with van der Waals surface area (Å²) in [6.07, 6.45) is 5.92. The van der Waals surface area contributed by atoms with Gasteiger partial charge in [-0.1, -0.05) is 18.5 Å². The minimum atomic E-state index is -0.432. The number of pyridine rings is 1. The Kier molecular flexibility index (Phi) is 6.62. The third-order valence-corrected chi connectivity index (χ3v) is 7.28. The van der Waals surface area contributed by atoms with Crippen LogP contribution < -0.4 is 4.90 Å². The zero-order valence-electron chi connectivity index (χ0n) is 19.8. The molecule has 184 valence electrons. The average Bonchev–Trinajstić information content (AvgIpc) is 3.25. The lowest BCUT2D eigenvalue weighted by Gasteiger charge is -2.36. The van der Waals surface area contributed by atoms with E-state index in [9.17, 15) is 14.9 Å². The van der Waals surface area contributed by atoms with E-state index in [0.717, 1.165) is 43.0 Å². The first-order valence-electron chi connectivity index (χ1n) is 12.1. The quantitative estimate of drug-likeness (QED) is 0.390. The van der Waals surface area contributed by atoms with Gasteiger partial charge in [-0.3, -0.25) is 19.8 Å². The minimum absolute atomic E-state index is 0.0481. The monoisotopic (exact) mass is 496 g/mol. The highest BCUT2D eigenvalue weighted by Crippen LogP contribution is 2.30. The highest BCUT2D eigenvalue weighted by atomic mass is 35.5. The Hall–Kier alpha value is -3.17. The van der Waals surface area contributed by atoms with Crippen LogP contribution >= 0.6 is 11.6 Å². The zero-order valence-corrected chi connectivity index (χ0v) is 20.5. The fourth-order valence-electron chi connectivity index (χ4n) is 4.94. The van der Waals surface area contributed by atoms with E-state index in [1.807, 2.05) is 33.8 Å². The van der Waals surface area contributed by atoms with Crippen molar-refractivity contribution in [1.29, 1.82) is 0 Å². The van der Waals surface area contributed by atoms with E-state index < -0.39 is 4.92 Å². The molecule has 2 saturated heterocycles.